The first-order chi connectivity index (χ1) is 14.6. The number of carbonyl (C=O) groups is 2. The van der Waals surface area contributed by atoms with Gasteiger partial charge in [-0.15, -0.1) is 11.3 Å². The smallest absolute Gasteiger partial charge is 0.261 e. The molecule has 0 spiro atoms. The zero-order chi connectivity index (χ0) is 20.9. The van der Waals surface area contributed by atoms with E-state index >= 15 is 0 Å². The molecular formula is C21H24N4O4S. The molecule has 30 heavy (non-hydrogen) atoms. The molecule has 0 aliphatic heterocycles. The molecule has 1 fully saturated rings. The molecule has 2 amide bonds. The van der Waals surface area contributed by atoms with Crippen LogP contribution in [0, 0.1) is 5.92 Å². The molecule has 2 aromatic heterocycles. The van der Waals surface area contributed by atoms with Gasteiger partial charge in [0.1, 0.15) is 6.61 Å². The van der Waals surface area contributed by atoms with E-state index < -0.39 is 0 Å². The predicted molar refractivity (Wildman–Crippen MR) is 112 cm³/mol. The number of amides is 2. The second-order valence-electron chi connectivity index (χ2n) is 7.43. The van der Waals surface area contributed by atoms with E-state index in [0.717, 1.165) is 40.6 Å². The zero-order valence-electron chi connectivity index (χ0n) is 16.7. The van der Waals surface area contributed by atoms with Gasteiger partial charge >= 0.3 is 0 Å². The van der Waals surface area contributed by atoms with Crippen LogP contribution in [0.2, 0.25) is 0 Å². The van der Waals surface area contributed by atoms with Crippen LogP contribution in [0.5, 0.6) is 0 Å². The van der Waals surface area contributed by atoms with Crippen molar-refractivity contribution in [3.8, 4) is 0 Å². The van der Waals surface area contributed by atoms with Crippen molar-refractivity contribution in [1.82, 2.24) is 20.8 Å². The molecule has 8 nitrogen and oxygen atoms in total. The number of rotatable bonds is 7. The van der Waals surface area contributed by atoms with Crippen LogP contribution in [0.15, 0.2) is 34.9 Å². The van der Waals surface area contributed by atoms with Crippen molar-refractivity contribution in [3.05, 3.63) is 46.9 Å². The summed E-state index contributed by atoms with van der Waals surface area (Å²) < 4.78 is 11.1. The van der Waals surface area contributed by atoms with E-state index in [9.17, 15) is 9.59 Å². The molecule has 4 rings (SSSR count). The highest BCUT2D eigenvalue weighted by molar-refractivity contribution is 7.20. The normalized spacial score (nSPS) is 19.0. The highest BCUT2D eigenvalue weighted by atomic mass is 32.1. The van der Waals surface area contributed by atoms with Crippen molar-refractivity contribution in [1.29, 1.82) is 0 Å². The summed E-state index contributed by atoms with van der Waals surface area (Å²) in [4.78, 5) is 29.9. The lowest BCUT2D eigenvalue weighted by atomic mass is 9.85. The van der Waals surface area contributed by atoms with Gasteiger partial charge in [0.15, 0.2) is 5.82 Å². The highest BCUT2D eigenvalue weighted by Gasteiger charge is 2.27. The zero-order valence-corrected chi connectivity index (χ0v) is 17.5. The van der Waals surface area contributed by atoms with Gasteiger partial charge in [0.05, 0.1) is 11.4 Å². The van der Waals surface area contributed by atoms with Crippen LogP contribution in [0.4, 0.5) is 0 Å². The van der Waals surface area contributed by atoms with E-state index in [-0.39, 0.29) is 36.9 Å². The monoisotopic (exact) mass is 428 g/mol. The maximum Gasteiger partial charge on any atom is 0.261 e. The number of hydrogen-bond acceptors (Lipinski definition) is 7. The van der Waals surface area contributed by atoms with Gasteiger partial charge in [0.25, 0.3) is 5.91 Å². The summed E-state index contributed by atoms with van der Waals surface area (Å²) in [6, 6.07) is 10.0. The third-order valence-electron chi connectivity index (χ3n) is 5.28. The van der Waals surface area contributed by atoms with Gasteiger partial charge in [0, 0.05) is 23.8 Å². The van der Waals surface area contributed by atoms with E-state index in [1.165, 1.54) is 11.3 Å². The molecule has 0 unspecified atom stereocenters. The van der Waals surface area contributed by atoms with Gasteiger partial charge in [-0.3, -0.25) is 9.59 Å². The van der Waals surface area contributed by atoms with Gasteiger partial charge in [-0.05, 0) is 43.2 Å². The van der Waals surface area contributed by atoms with E-state index in [2.05, 4.69) is 20.8 Å². The Kier molecular flexibility index (Phi) is 6.39. The van der Waals surface area contributed by atoms with E-state index in [1.54, 1.807) is 7.11 Å². The number of thiophene rings is 1. The van der Waals surface area contributed by atoms with E-state index in [1.807, 2.05) is 30.3 Å². The van der Waals surface area contributed by atoms with E-state index in [4.69, 9.17) is 9.26 Å². The first-order valence-corrected chi connectivity index (χ1v) is 10.8. The molecule has 1 aliphatic carbocycles. The average Bonchev–Trinajstić information content (AvgIpc) is 3.39. The Morgan fingerprint density at radius 3 is 2.80 bits per heavy atom. The first-order valence-electron chi connectivity index (χ1n) is 10.00. The molecule has 3 aromatic rings. The minimum atomic E-state index is -0.0659. The number of benzene rings is 1. The maximum absolute atomic E-state index is 12.6. The molecule has 1 saturated carbocycles. The summed E-state index contributed by atoms with van der Waals surface area (Å²) in [5.74, 6) is 0.697. The van der Waals surface area contributed by atoms with Crippen molar-refractivity contribution < 1.29 is 18.8 Å². The van der Waals surface area contributed by atoms with Crippen molar-refractivity contribution in [3.63, 3.8) is 0 Å². The number of methoxy groups -OCH3 is 1. The summed E-state index contributed by atoms with van der Waals surface area (Å²) in [7, 11) is 1.55. The third kappa shape index (κ3) is 4.85. The standard InChI is InChI=1S/C21H24N4O4S/c1-28-12-18-24-19(29-25-18)11-22-20(26)13-6-8-15(9-7-13)23-21(27)17-10-14-4-2-3-5-16(14)30-17/h2-5,10,13,15H,6-9,11-12H2,1H3,(H,22,26)(H,23,27). The van der Waals surface area contributed by atoms with Crippen molar-refractivity contribution >= 4 is 33.2 Å². The van der Waals surface area contributed by atoms with Crippen LogP contribution in [0.25, 0.3) is 10.1 Å². The second kappa shape index (κ2) is 9.36. The molecule has 158 valence electrons. The van der Waals surface area contributed by atoms with Crippen molar-refractivity contribution in [2.24, 2.45) is 5.92 Å². The van der Waals surface area contributed by atoms with Gasteiger partial charge < -0.3 is 19.9 Å². The van der Waals surface area contributed by atoms with Crippen LogP contribution in [0.3, 0.4) is 0 Å². The third-order valence-corrected chi connectivity index (χ3v) is 6.39. The Morgan fingerprint density at radius 2 is 2.03 bits per heavy atom. The lowest BCUT2D eigenvalue weighted by Crippen LogP contribution is -2.40. The molecule has 0 atom stereocenters. The number of ether oxygens (including phenoxy) is 1. The SMILES string of the molecule is COCc1noc(CNC(=O)C2CCC(NC(=O)c3cc4ccccc4s3)CC2)n1. The Hall–Kier alpha value is -2.78. The largest absolute Gasteiger partial charge is 0.377 e. The van der Waals surface area contributed by atoms with Gasteiger partial charge in [0.2, 0.25) is 11.8 Å². The van der Waals surface area contributed by atoms with E-state index in [0.29, 0.717) is 11.7 Å². The Balaban J connectivity index is 1.23. The fraction of sp³-hybridized carbons (Fsp3) is 0.429. The lowest BCUT2D eigenvalue weighted by Gasteiger charge is -2.28. The fourth-order valence-electron chi connectivity index (χ4n) is 3.71. The second-order valence-corrected chi connectivity index (χ2v) is 8.51. The number of aromatic nitrogens is 2. The van der Waals surface area contributed by atoms with Gasteiger partial charge in [-0.1, -0.05) is 23.4 Å². The quantitative estimate of drug-likeness (QED) is 0.599. The summed E-state index contributed by atoms with van der Waals surface area (Å²) in [6.45, 7) is 0.479. The number of fused-ring (bicyclic) bond motifs is 1. The molecule has 0 saturated heterocycles. The van der Waals surface area contributed by atoms with Crippen molar-refractivity contribution in [2.75, 3.05) is 7.11 Å². The van der Waals surface area contributed by atoms with Crippen LogP contribution >= 0.6 is 11.3 Å². The number of nitrogens with zero attached hydrogens (tertiary/aromatic N) is 2. The highest BCUT2D eigenvalue weighted by Crippen LogP contribution is 2.27. The van der Waals surface area contributed by atoms with Crippen LogP contribution in [0.1, 0.15) is 47.1 Å². The molecule has 0 radical (unpaired) electrons. The summed E-state index contributed by atoms with van der Waals surface area (Å²) in [6.07, 6.45) is 3.05. The average molecular weight is 429 g/mol. The summed E-state index contributed by atoms with van der Waals surface area (Å²) >= 11 is 1.50. The van der Waals surface area contributed by atoms with Crippen LogP contribution in [-0.4, -0.2) is 35.1 Å². The molecule has 1 aliphatic rings. The molecule has 1 aromatic carbocycles. The molecule has 9 heteroatoms. The number of hydrogen-bond donors (Lipinski definition) is 2. The Morgan fingerprint density at radius 1 is 1.23 bits per heavy atom. The summed E-state index contributed by atoms with van der Waals surface area (Å²) in [5, 5.41) is 10.8. The van der Waals surface area contributed by atoms with Gasteiger partial charge in [-0.2, -0.15) is 4.98 Å². The van der Waals surface area contributed by atoms with Crippen LogP contribution < -0.4 is 10.6 Å². The Labute approximate surface area is 178 Å². The molecular weight excluding hydrogens is 404 g/mol. The topological polar surface area (TPSA) is 106 Å². The van der Waals surface area contributed by atoms with Gasteiger partial charge in [-0.25, -0.2) is 0 Å². The minimum Gasteiger partial charge on any atom is -0.377 e. The van der Waals surface area contributed by atoms with Crippen molar-refractivity contribution in [2.45, 2.75) is 44.9 Å². The predicted octanol–water partition coefficient (Wildman–Crippen LogP) is 3.04. The molecule has 2 heterocycles. The summed E-state index contributed by atoms with van der Waals surface area (Å²) in [5.41, 5.74) is 0. The molecule has 0 bridgehead atoms. The number of nitrogens with one attached hydrogen (secondary N) is 2. The lowest BCUT2D eigenvalue weighted by molar-refractivity contribution is -0.126. The van der Waals surface area contributed by atoms with Crippen LogP contribution in [-0.2, 0) is 22.7 Å². The first kappa shape index (κ1) is 20.5. The number of carbonyl (C=O) groups excluding carboxylic acids is 2. The minimum absolute atomic E-state index is 0.0178. The Bertz CT molecular complexity index is 990. The molecule has 2 N–H and O–H groups in total. The fourth-order valence-corrected chi connectivity index (χ4v) is 4.67. The maximum atomic E-state index is 12.6.